The van der Waals surface area contributed by atoms with Crippen LogP contribution in [0.2, 0.25) is 0 Å². The number of hydrogen-bond donors (Lipinski definition) is 2. The molecule has 0 bridgehead atoms. The summed E-state index contributed by atoms with van der Waals surface area (Å²) < 4.78 is 5.41. The largest absolute Gasteiger partial charge is 0.492 e. The monoisotopic (exact) mass is 294 g/mol. The fourth-order valence-electron chi connectivity index (χ4n) is 1.88. The molecule has 1 aromatic rings. The van der Waals surface area contributed by atoms with Gasteiger partial charge in [0.05, 0.1) is 6.04 Å². The van der Waals surface area contributed by atoms with Gasteiger partial charge in [-0.25, -0.2) is 0 Å². The Labute approximate surface area is 128 Å². The lowest BCUT2D eigenvalue weighted by Crippen LogP contribution is -2.38. The van der Waals surface area contributed by atoms with Crippen LogP contribution in [0.4, 0.5) is 0 Å². The van der Waals surface area contributed by atoms with Gasteiger partial charge < -0.3 is 16.2 Å². The van der Waals surface area contributed by atoms with E-state index in [1.165, 1.54) is 0 Å². The highest BCUT2D eigenvalue weighted by Gasteiger charge is 2.24. The van der Waals surface area contributed by atoms with Crippen LogP contribution in [-0.2, 0) is 4.79 Å². The van der Waals surface area contributed by atoms with E-state index in [4.69, 9.17) is 16.2 Å². The van der Waals surface area contributed by atoms with Gasteiger partial charge in [-0.1, -0.05) is 46.8 Å². The zero-order chi connectivity index (χ0) is 16.4. The van der Waals surface area contributed by atoms with Gasteiger partial charge in [-0.3, -0.25) is 4.79 Å². The van der Waals surface area contributed by atoms with E-state index >= 15 is 0 Å². The van der Waals surface area contributed by atoms with Crippen molar-refractivity contribution in [2.24, 2.45) is 17.4 Å². The van der Waals surface area contributed by atoms with Gasteiger partial charge in [0.1, 0.15) is 12.4 Å². The van der Waals surface area contributed by atoms with E-state index < -0.39 is 6.04 Å². The average Bonchev–Trinajstić information content (AvgIpc) is 2.53. The van der Waals surface area contributed by atoms with Gasteiger partial charge in [0.2, 0.25) is 0 Å². The van der Waals surface area contributed by atoms with Crippen molar-refractivity contribution in [2.75, 3.05) is 13.2 Å². The lowest BCUT2D eigenvalue weighted by Gasteiger charge is -2.21. The Bertz CT molecular complexity index is 402. The van der Waals surface area contributed by atoms with Gasteiger partial charge in [-0.15, -0.1) is 0 Å². The molecule has 0 saturated carbocycles. The molecule has 0 aromatic heterocycles. The Hall–Kier alpha value is -1.39. The number of carbonyl (C=O) groups is 1. The molecule has 0 saturated heterocycles. The van der Waals surface area contributed by atoms with Crippen LogP contribution in [0.1, 0.15) is 46.1 Å². The molecule has 0 aliphatic carbocycles. The van der Waals surface area contributed by atoms with Crippen molar-refractivity contribution in [2.45, 2.75) is 46.6 Å². The highest BCUT2D eigenvalue weighted by molar-refractivity contribution is 5.86. The Morgan fingerprint density at radius 2 is 1.67 bits per heavy atom. The molecule has 2 atom stereocenters. The van der Waals surface area contributed by atoms with Gasteiger partial charge >= 0.3 is 0 Å². The molecule has 0 radical (unpaired) electrons. The maximum absolute atomic E-state index is 11.9. The third-order valence-electron chi connectivity index (χ3n) is 3.23. The van der Waals surface area contributed by atoms with Crippen molar-refractivity contribution in [1.82, 2.24) is 0 Å². The Balaban J connectivity index is 0.00000191. The molecule has 0 spiro atoms. The van der Waals surface area contributed by atoms with Crippen molar-refractivity contribution in [3.63, 3.8) is 0 Å². The SMILES string of the molecule is CC.CC(C)C(=O)C(N)C(C)c1ccc(OCCN)cc1. The first kappa shape index (κ1) is 19.6. The number of benzene rings is 1. The highest BCUT2D eigenvalue weighted by Crippen LogP contribution is 2.23. The predicted octanol–water partition coefficient (Wildman–Crippen LogP) is 2.71. The standard InChI is InChI=1S/C15H24N2O2.C2H6/c1-10(2)15(18)14(17)11(3)12-4-6-13(7-5-12)19-9-8-16;1-2/h4-7,10-11,14H,8-9,16-17H2,1-3H3;1-2H3. The van der Waals surface area contributed by atoms with Crippen LogP contribution in [-0.4, -0.2) is 25.0 Å². The second kappa shape index (κ2) is 10.4. The predicted molar refractivity (Wildman–Crippen MR) is 88.6 cm³/mol. The quantitative estimate of drug-likeness (QED) is 0.810. The van der Waals surface area contributed by atoms with E-state index in [-0.39, 0.29) is 17.6 Å². The first-order valence-corrected chi connectivity index (χ1v) is 7.69. The molecule has 4 N–H and O–H groups in total. The Kier molecular flexibility index (Phi) is 9.67. The molecule has 4 nitrogen and oxygen atoms in total. The number of Topliss-reactive ketones (excluding diaryl/α,β-unsaturated/α-hetero) is 1. The maximum Gasteiger partial charge on any atom is 0.152 e. The first-order valence-electron chi connectivity index (χ1n) is 7.69. The van der Waals surface area contributed by atoms with Crippen molar-refractivity contribution >= 4 is 5.78 Å². The number of hydrogen-bond acceptors (Lipinski definition) is 4. The number of carbonyl (C=O) groups excluding carboxylic acids is 1. The minimum Gasteiger partial charge on any atom is -0.492 e. The Morgan fingerprint density at radius 1 is 1.14 bits per heavy atom. The lowest BCUT2D eigenvalue weighted by molar-refractivity contribution is -0.123. The molecule has 120 valence electrons. The van der Waals surface area contributed by atoms with Crippen molar-refractivity contribution < 1.29 is 9.53 Å². The van der Waals surface area contributed by atoms with Gasteiger partial charge in [0.15, 0.2) is 5.78 Å². The van der Waals surface area contributed by atoms with Crippen LogP contribution in [0.25, 0.3) is 0 Å². The maximum atomic E-state index is 11.9. The molecular weight excluding hydrogens is 264 g/mol. The number of ether oxygens (including phenoxy) is 1. The summed E-state index contributed by atoms with van der Waals surface area (Å²) in [5, 5.41) is 0. The minimum absolute atomic E-state index is 0.00143. The normalized spacial score (nSPS) is 13.1. The summed E-state index contributed by atoms with van der Waals surface area (Å²) in [5.74, 6) is 0.837. The molecular formula is C17H30N2O2. The van der Waals surface area contributed by atoms with Gasteiger partial charge in [0.25, 0.3) is 0 Å². The van der Waals surface area contributed by atoms with E-state index in [0.717, 1.165) is 11.3 Å². The van der Waals surface area contributed by atoms with Crippen LogP contribution in [0, 0.1) is 5.92 Å². The van der Waals surface area contributed by atoms with E-state index in [9.17, 15) is 4.79 Å². The summed E-state index contributed by atoms with van der Waals surface area (Å²) in [6.07, 6.45) is 0. The van der Waals surface area contributed by atoms with E-state index in [1.807, 2.05) is 58.9 Å². The summed E-state index contributed by atoms with van der Waals surface area (Å²) >= 11 is 0. The summed E-state index contributed by atoms with van der Waals surface area (Å²) in [7, 11) is 0. The smallest absolute Gasteiger partial charge is 0.152 e. The second-order valence-electron chi connectivity index (χ2n) is 5.08. The lowest BCUT2D eigenvalue weighted by atomic mass is 9.87. The first-order chi connectivity index (χ1) is 9.97. The fraction of sp³-hybridized carbons (Fsp3) is 0.588. The van der Waals surface area contributed by atoms with Crippen molar-refractivity contribution in [3.05, 3.63) is 29.8 Å². The molecule has 0 amide bonds. The molecule has 4 heteroatoms. The van der Waals surface area contributed by atoms with Crippen molar-refractivity contribution in [3.8, 4) is 5.75 Å². The molecule has 1 rings (SSSR count). The van der Waals surface area contributed by atoms with Gasteiger partial charge in [-0.2, -0.15) is 0 Å². The van der Waals surface area contributed by atoms with Crippen molar-refractivity contribution in [1.29, 1.82) is 0 Å². The van der Waals surface area contributed by atoms with Crippen LogP contribution in [0.3, 0.4) is 0 Å². The summed E-state index contributed by atoms with van der Waals surface area (Å²) in [6, 6.07) is 7.20. The minimum atomic E-state index is -0.462. The molecule has 0 fully saturated rings. The van der Waals surface area contributed by atoms with Crippen LogP contribution < -0.4 is 16.2 Å². The number of nitrogens with two attached hydrogens (primary N) is 2. The molecule has 21 heavy (non-hydrogen) atoms. The molecule has 0 heterocycles. The van der Waals surface area contributed by atoms with Gasteiger partial charge in [0, 0.05) is 18.4 Å². The molecule has 0 aliphatic heterocycles. The second-order valence-corrected chi connectivity index (χ2v) is 5.08. The molecule has 2 unspecified atom stereocenters. The average molecular weight is 294 g/mol. The summed E-state index contributed by atoms with van der Waals surface area (Å²) in [4.78, 5) is 11.9. The third kappa shape index (κ3) is 6.27. The van der Waals surface area contributed by atoms with E-state index in [1.54, 1.807) is 0 Å². The zero-order valence-corrected chi connectivity index (χ0v) is 13.9. The van der Waals surface area contributed by atoms with Crippen LogP contribution in [0.5, 0.6) is 5.75 Å². The van der Waals surface area contributed by atoms with Crippen LogP contribution in [0.15, 0.2) is 24.3 Å². The van der Waals surface area contributed by atoms with E-state index in [2.05, 4.69) is 0 Å². The zero-order valence-electron chi connectivity index (χ0n) is 13.9. The van der Waals surface area contributed by atoms with Crippen LogP contribution >= 0.6 is 0 Å². The van der Waals surface area contributed by atoms with E-state index in [0.29, 0.717) is 13.2 Å². The fourth-order valence-corrected chi connectivity index (χ4v) is 1.88. The molecule has 0 aliphatic rings. The topological polar surface area (TPSA) is 78.3 Å². The summed E-state index contributed by atoms with van der Waals surface area (Å²) in [5.41, 5.74) is 12.4. The van der Waals surface area contributed by atoms with Gasteiger partial charge in [-0.05, 0) is 17.7 Å². The number of rotatable bonds is 7. The Morgan fingerprint density at radius 3 is 2.10 bits per heavy atom. The molecule has 1 aromatic carbocycles. The number of ketones is 1. The third-order valence-corrected chi connectivity index (χ3v) is 3.23. The highest BCUT2D eigenvalue weighted by atomic mass is 16.5. The summed E-state index contributed by atoms with van der Waals surface area (Å²) in [6.45, 7) is 10.7.